The maximum absolute atomic E-state index is 12.6. The molecule has 0 saturated heterocycles. The number of amides is 1. The monoisotopic (exact) mass is 391 g/mol. The number of para-hydroxylation sites is 2. The zero-order valence-electron chi connectivity index (χ0n) is 16.6. The van der Waals surface area contributed by atoms with E-state index in [9.17, 15) is 4.79 Å². The molecule has 0 aliphatic rings. The average molecular weight is 391 g/mol. The number of carbonyl (C=O) groups is 1. The van der Waals surface area contributed by atoms with Gasteiger partial charge >= 0.3 is 0 Å². The molecule has 0 atom stereocenters. The predicted octanol–water partition coefficient (Wildman–Crippen LogP) is 5.18. The molecule has 1 amide bonds. The summed E-state index contributed by atoms with van der Waals surface area (Å²) in [6.45, 7) is 4.74. The van der Waals surface area contributed by atoms with E-state index in [0.717, 1.165) is 5.75 Å². The fraction of sp³-hybridized carbons (Fsp3) is 0.208. The molecule has 3 aromatic carbocycles. The van der Waals surface area contributed by atoms with Crippen LogP contribution in [-0.2, 0) is 0 Å². The molecular weight excluding hydrogens is 366 g/mol. The summed E-state index contributed by atoms with van der Waals surface area (Å²) in [4.78, 5) is 12.6. The molecule has 0 fully saturated rings. The van der Waals surface area contributed by atoms with Gasteiger partial charge in [0.15, 0.2) is 0 Å². The third-order valence-corrected chi connectivity index (χ3v) is 3.97. The van der Waals surface area contributed by atoms with E-state index >= 15 is 0 Å². The summed E-state index contributed by atoms with van der Waals surface area (Å²) < 4.78 is 17.0. The molecule has 0 aromatic heterocycles. The Balaban J connectivity index is 1.51. The van der Waals surface area contributed by atoms with Crippen molar-refractivity contribution >= 4 is 11.6 Å². The third kappa shape index (κ3) is 6.28. The second-order valence-corrected chi connectivity index (χ2v) is 6.65. The lowest BCUT2D eigenvalue weighted by Crippen LogP contribution is -2.15. The van der Waals surface area contributed by atoms with E-state index < -0.39 is 0 Å². The average Bonchev–Trinajstić information content (AvgIpc) is 2.73. The van der Waals surface area contributed by atoms with Gasteiger partial charge in [0.05, 0.1) is 11.7 Å². The second kappa shape index (κ2) is 10.2. The van der Waals surface area contributed by atoms with E-state index in [1.165, 1.54) is 0 Å². The van der Waals surface area contributed by atoms with Crippen LogP contribution in [0, 0.1) is 0 Å². The van der Waals surface area contributed by atoms with Crippen molar-refractivity contribution in [2.24, 2.45) is 0 Å². The highest BCUT2D eigenvalue weighted by Crippen LogP contribution is 2.22. The Labute approximate surface area is 171 Å². The van der Waals surface area contributed by atoms with Crippen LogP contribution in [0.1, 0.15) is 24.2 Å². The van der Waals surface area contributed by atoms with Gasteiger partial charge in [-0.1, -0.05) is 30.3 Å². The van der Waals surface area contributed by atoms with Crippen LogP contribution in [0.25, 0.3) is 0 Å². The van der Waals surface area contributed by atoms with Crippen LogP contribution in [0.3, 0.4) is 0 Å². The Bertz CT molecular complexity index is 908. The van der Waals surface area contributed by atoms with E-state index in [4.69, 9.17) is 14.2 Å². The number of carbonyl (C=O) groups excluding carboxylic acids is 1. The molecule has 1 N–H and O–H groups in total. The molecule has 150 valence electrons. The minimum absolute atomic E-state index is 0.00810. The van der Waals surface area contributed by atoms with Gasteiger partial charge in [-0.3, -0.25) is 4.79 Å². The van der Waals surface area contributed by atoms with Gasteiger partial charge in [-0.25, -0.2) is 0 Å². The third-order valence-electron chi connectivity index (χ3n) is 3.97. The second-order valence-electron chi connectivity index (χ2n) is 6.65. The lowest BCUT2D eigenvalue weighted by Gasteiger charge is -2.14. The number of hydrogen-bond acceptors (Lipinski definition) is 4. The number of hydrogen-bond donors (Lipinski definition) is 1. The lowest BCUT2D eigenvalue weighted by atomic mass is 10.1. The highest BCUT2D eigenvalue weighted by molar-refractivity contribution is 6.06. The van der Waals surface area contributed by atoms with Crippen molar-refractivity contribution in [1.82, 2.24) is 0 Å². The first-order valence-corrected chi connectivity index (χ1v) is 9.59. The fourth-order valence-electron chi connectivity index (χ4n) is 2.68. The van der Waals surface area contributed by atoms with Crippen molar-refractivity contribution in [2.45, 2.75) is 20.0 Å². The normalized spacial score (nSPS) is 10.4. The molecule has 5 nitrogen and oxygen atoms in total. The zero-order valence-corrected chi connectivity index (χ0v) is 16.6. The van der Waals surface area contributed by atoms with Crippen molar-refractivity contribution < 1.29 is 19.0 Å². The van der Waals surface area contributed by atoms with Gasteiger partial charge in [0.25, 0.3) is 5.91 Å². The standard InChI is InChI=1S/C24H25NO4/c1-18(2)29-23-11-7-6-10-22(23)24(26)25-19-12-14-21(15-13-19)28-17-16-27-20-8-4-3-5-9-20/h3-15,18H,16-17H2,1-2H3,(H,25,26). The maximum Gasteiger partial charge on any atom is 0.259 e. The van der Waals surface area contributed by atoms with Crippen molar-refractivity contribution in [3.8, 4) is 17.2 Å². The Morgan fingerprint density at radius 2 is 1.38 bits per heavy atom. The number of ether oxygens (including phenoxy) is 3. The molecule has 0 bridgehead atoms. The van der Waals surface area contributed by atoms with Crippen molar-refractivity contribution in [3.05, 3.63) is 84.4 Å². The van der Waals surface area contributed by atoms with E-state index in [1.54, 1.807) is 24.3 Å². The molecule has 0 aliphatic heterocycles. The highest BCUT2D eigenvalue weighted by Gasteiger charge is 2.13. The Hall–Kier alpha value is -3.47. The Morgan fingerprint density at radius 3 is 2.03 bits per heavy atom. The SMILES string of the molecule is CC(C)Oc1ccccc1C(=O)Nc1ccc(OCCOc2ccccc2)cc1. The van der Waals surface area contributed by atoms with Crippen LogP contribution in [0.2, 0.25) is 0 Å². The Morgan fingerprint density at radius 1 is 0.793 bits per heavy atom. The van der Waals surface area contributed by atoms with Crippen LogP contribution in [0.15, 0.2) is 78.9 Å². The first-order valence-electron chi connectivity index (χ1n) is 9.59. The van der Waals surface area contributed by atoms with Crippen LogP contribution in [0.4, 0.5) is 5.69 Å². The number of rotatable bonds is 9. The molecule has 0 unspecified atom stereocenters. The Kier molecular flexibility index (Phi) is 7.11. The summed E-state index contributed by atoms with van der Waals surface area (Å²) in [6.07, 6.45) is -0.00810. The molecular formula is C24H25NO4. The fourth-order valence-corrected chi connectivity index (χ4v) is 2.68. The van der Waals surface area contributed by atoms with Gasteiger partial charge in [0.2, 0.25) is 0 Å². The summed E-state index contributed by atoms with van der Waals surface area (Å²) in [6, 6.07) is 24.0. The highest BCUT2D eigenvalue weighted by atomic mass is 16.5. The summed E-state index contributed by atoms with van der Waals surface area (Å²) >= 11 is 0. The van der Waals surface area contributed by atoms with Crippen LogP contribution >= 0.6 is 0 Å². The minimum Gasteiger partial charge on any atom is -0.490 e. The summed E-state index contributed by atoms with van der Waals surface area (Å²) in [5, 5.41) is 2.89. The molecule has 5 heteroatoms. The van der Waals surface area contributed by atoms with Crippen LogP contribution < -0.4 is 19.5 Å². The summed E-state index contributed by atoms with van der Waals surface area (Å²) in [7, 11) is 0. The molecule has 0 radical (unpaired) electrons. The topological polar surface area (TPSA) is 56.8 Å². The van der Waals surface area contributed by atoms with E-state index in [0.29, 0.717) is 36.0 Å². The van der Waals surface area contributed by atoms with Gasteiger partial charge in [-0.15, -0.1) is 0 Å². The largest absolute Gasteiger partial charge is 0.490 e. The quantitative estimate of drug-likeness (QED) is 0.511. The summed E-state index contributed by atoms with van der Waals surface area (Å²) in [5.41, 5.74) is 1.18. The van der Waals surface area contributed by atoms with E-state index in [2.05, 4.69) is 5.32 Å². The molecule has 3 rings (SSSR count). The number of anilines is 1. The first kappa shape index (κ1) is 20.3. The van der Waals surface area contributed by atoms with E-state index in [1.807, 2.05) is 68.4 Å². The van der Waals surface area contributed by atoms with Crippen molar-refractivity contribution in [1.29, 1.82) is 0 Å². The van der Waals surface area contributed by atoms with Crippen LogP contribution in [-0.4, -0.2) is 25.2 Å². The molecule has 0 saturated carbocycles. The molecule has 0 spiro atoms. The predicted molar refractivity (Wildman–Crippen MR) is 114 cm³/mol. The first-order chi connectivity index (χ1) is 14.1. The number of nitrogens with one attached hydrogen (secondary N) is 1. The zero-order chi connectivity index (χ0) is 20.5. The van der Waals surface area contributed by atoms with Crippen molar-refractivity contribution in [3.63, 3.8) is 0 Å². The summed E-state index contributed by atoms with van der Waals surface area (Å²) in [5.74, 6) is 1.88. The van der Waals surface area contributed by atoms with Gasteiger partial charge in [0.1, 0.15) is 30.5 Å². The molecule has 3 aromatic rings. The lowest BCUT2D eigenvalue weighted by molar-refractivity contribution is 0.102. The van der Waals surface area contributed by atoms with E-state index in [-0.39, 0.29) is 12.0 Å². The van der Waals surface area contributed by atoms with Crippen LogP contribution in [0.5, 0.6) is 17.2 Å². The minimum atomic E-state index is -0.217. The van der Waals surface area contributed by atoms with Gasteiger partial charge in [0, 0.05) is 5.69 Å². The smallest absolute Gasteiger partial charge is 0.259 e. The number of benzene rings is 3. The molecule has 0 heterocycles. The van der Waals surface area contributed by atoms with Gasteiger partial charge in [-0.2, -0.15) is 0 Å². The maximum atomic E-state index is 12.6. The molecule has 0 aliphatic carbocycles. The van der Waals surface area contributed by atoms with Crippen molar-refractivity contribution in [2.75, 3.05) is 18.5 Å². The van der Waals surface area contributed by atoms with Gasteiger partial charge in [-0.05, 0) is 62.4 Å². The molecule has 29 heavy (non-hydrogen) atoms. The van der Waals surface area contributed by atoms with Gasteiger partial charge < -0.3 is 19.5 Å².